The van der Waals surface area contributed by atoms with Gasteiger partial charge in [-0.25, -0.2) is 5.84 Å². The highest BCUT2D eigenvalue weighted by Crippen LogP contribution is 2.18. The minimum Gasteiger partial charge on any atom is -0.294 e. The molecule has 1 aromatic rings. The third kappa shape index (κ3) is 4.40. The van der Waals surface area contributed by atoms with Gasteiger partial charge in [-0.1, -0.05) is 31.2 Å². The van der Waals surface area contributed by atoms with Crippen LogP contribution in [0.5, 0.6) is 0 Å². The average Bonchev–Trinajstić information content (AvgIpc) is 2.38. The summed E-state index contributed by atoms with van der Waals surface area (Å²) in [5.74, 6) is 6.99. The molecule has 17 heavy (non-hydrogen) atoms. The molecule has 1 unspecified atom stereocenters. The highest BCUT2D eigenvalue weighted by molar-refractivity contribution is 7.98. The maximum Gasteiger partial charge on any atom is 0.241 e. The van der Waals surface area contributed by atoms with Gasteiger partial charge in [-0.3, -0.25) is 10.2 Å². The number of carbonyl (C=O) groups is 1. The van der Waals surface area contributed by atoms with Gasteiger partial charge in [-0.05, 0) is 30.2 Å². The van der Waals surface area contributed by atoms with Crippen molar-refractivity contribution in [2.75, 3.05) is 5.75 Å². The second kappa shape index (κ2) is 7.35. The van der Waals surface area contributed by atoms with Crippen molar-refractivity contribution in [2.24, 2.45) is 5.84 Å². The largest absolute Gasteiger partial charge is 0.294 e. The number of nitrogens with two attached hydrogens (primary N) is 1. The normalized spacial score (nSPS) is 12.2. The van der Waals surface area contributed by atoms with Gasteiger partial charge in [0.15, 0.2) is 0 Å². The number of carbonyl (C=O) groups excluding carboxylic acids is 1. The Bertz CT molecular complexity index is 351. The van der Waals surface area contributed by atoms with E-state index in [9.17, 15) is 4.79 Å². The molecule has 3 nitrogen and oxygen atoms in total. The van der Waals surface area contributed by atoms with Crippen LogP contribution in [0.25, 0.3) is 0 Å². The van der Waals surface area contributed by atoms with E-state index in [4.69, 9.17) is 5.84 Å². The standard InChI is InChI=1S/C13H20N2OS/c1-3-8-17-9-11-4-6-12(7-5-11)10(2)13(16)15-14/h4-7,10H,3,8-9,14H2,1-2H3,(H,15,16). The van der Waals surface area contributed by atoms with Crippen LogP contribution >= 0.6 is 11.8 Å². The number of hydrogen-bond donors (Lipinski definition) is 2. The average molecular weight is 252 g/mol. The smallest absolute Gasteiger partial charge is 0.241 e. The first-order chi connectivity index (χ1) is 8.19. The summed E-state index contributed by atoms with van der Waals surface area (Å²) in [6.07, 6.45) is 1.20. The lowest BCUT2D eigenvalue weighted by atomic mass is 10.00. The number of hydrogen-bond acceptors (Lipinski definition) is 3. The Morgan fingerprint density at radius 2 is 2.06 bits per heavy atom. The molecule has 0 aliphatic rings. The van der Waals surface area contributed by atoms with Crippen LogP contribution in [0.15, 0.2) is 24.3 Å². The van der Waals surface area contributed by atoms with Gasteiger partial charge in [-0.15, -0.1) is 0 Å². The number of rotatable bonds is 6. The van der Waals surface area contributed by atoms with Crippen molar-refractivity contribution in [3.63, 3.8) is 0 Å². The van der Waals surface area contributed by atoms with Crippen LogP contribution in [0.1, 0.15) is 37.3 Å². The molecule has 0 fully saturated rings. The van der Waals surface area contributed by atoms with Gasteiger partial charge >= 0.3 is 0 Å². The highest BCUT2D eigenvalue weighted by atomic mass is 32.2. The summed E-state index contributed by atoms with van der Waals surface area (Å²) < 4.78 is 0. The van der Waals surface area contributed by atoms with Crippen LogP contribution < -0.4 is 11.3 Å². The zero-order chi connectivity index (χ0) is 12.7. The molecule has 0 saturated carbocycles. The summed E-state index contributed by atoms with van der Waals surface area (Å²) in [5.41, 5.74) is 4.47. The fourth-order valence-electron chi connectivity index (χ4n) is 1.51. The number of nitrogens with one attached hydrogen (secondary N) is 1. The number of hydrazine groups is 1. The van der Waals surface area contributed by atoms with E-state index in [-0.39, 0.29) is 11.8 Å². The first-order valence-corrected chi connectivity index (χ1v) is 7.01. The number of amides is 1. The summed E-state index contributed by atoms with van der Waals surface area (Å²) in [4.78, 5) is 11.4. The Kier molecular flexibility index (Phi) is 6.08. The van der Waals surface area contributed by atoms with Crippen LogP contribution in [-0.4, -0.2) is 11.7 Å². The van der Waals surface area contributed by atoms with Gasteiger partial charge in [0.1, 0.15) is 0 Å². The summed E-state index contributed by atoms with van der Waals surface area (Å²) in [6.45, 7) is 4.03. The second-order valence-electron chi connectivity index (χ2n) is 4.02. The third-order valence-corrected chi connectivity index (χ3v) is 3.87. The predicted molar refractivity (Wildman–Crippen MR) is 73.6 cm³/mol. The molecule has 0 aliphatic carbocycles. The Balaban J connectivity index is 2.58. The molecule has 0 aliphatic heterocycles. The van der Waals surface area contributed by atoms with E-state index in [1.54, 1.807) is 0 Å². The van der Waals surface area contributed by atoms with Gasteiger partial charge in [0.2, 0.25) is 5.91 Å². The first kappa shape index (κ1) is 14.1. The lowest BCUT2D eigenvalue weighted by molar-refractivity contribution is -0.122. The summed E-state index contributed by atoms with van der Waals surface area (Å²) in [7, 11) is 0. The SMILES string of the molecule is CCCSCc1ccc(C(C)C(=O)NN)cc1. The molecule has 1 atom stereocenters. The molecule has 0 heterocycles. The summed E-state index contributed by atoms with van der Waals surface area (Å²) in [5, 5.41) is 0. The molecular formula is C13H20N2OS. The number of benzene rings is 1. The fraction of sp³-hybridized carbons (Fsp3) is 0.462. The summed E-state index contributed by atoms with van der Waals surface area (Å²) >= 11 is 1.93. The van der Waals surface area contributed by atoms with Crippen molar-refractivity contribution in [1.29, 1.82) is 0 Å². The zero-order valence-electron chi connectivity index (χ0n) is 10.4. The molecule has 94 valence electrons. The van der Waals surface area contributed by atoms with Crippen LogP contribution in [0.4, 0.5) is 0 Å². The molecule has 1 amide bonds. The van der Waals surface area contributed by atoms with Crippen molar-refractivity contribution >= 4 is 17.7 Å². The molecule has 0 aromatic heterocycles. The second-order valence-corrected chi connectivity index (χ2v) is 5.13. The van der Waals surface area contributed by atoms with E-state index in [1.165, 1.54) is 17.7 Å². The van der Waals surface area contributed by atoms with Crippen molar-refractivity contribution in [2.45, 2.75) is 31.9 Å². The van der Waals surface area contributed by atoms with Crippen LogP contribution in [0.2, 0.25) is 0 Å². The molecule has 0 spiro atoms. The molecule has 0 radical (unpaired) electrons. The summed E-state index contributed by atoms with van der Waals surface area (Å²) in [6, 6.07) is 8.17. The maximum absolute atomic E-state index is 11.4. The maximum atomic E-state index is 11.4. The van der Waals surface area contributed by atoms with Gasteiger partial charge in [0.25, 0.3) is 0 Å². The monoisotopic (exact) mass is 252 g/mol. The van der Waals surface area contributed by atoms with Gasteiger partial charge in [0, 0.05) is 5.75 Å². The molecule has 3 N–H and O–H groups in total. The van der Waals surface area contributed by atoms with E-state index >= 15 is 0 Å². The molecular weight excluding hydrogens is 232 g/mol. The van der Waals surface area contributed by atoms with Crippen molar-refractivity contribution in [3.05, 3.63) is 35.4 Å². The Hall–Kier alpha value is -1.00. The van der Waals surface area contributed by atoms with Crippen molar-refractivity contribution < 1.29 is 4.79 Å². The van der Waals surface area contributed by atoms with Crippen LogP contribution in [-0.2, 0) is 10.5 Å². The van der Waals surface area contributed by atoms with Gasteiger partial charge < -0.3 is 0 Å². The van der Waals surface area contributed by atoms with E-state index in [1.807, 2.05) is 30.8 Å². The van der Waals surface area contributed by atoms with Gasteiger partial charge in [0.05, 0.1) is 5.92 Å². The molecule has 0 saturated heterocycles. The molecule has 1 aromatic carbocycles. The van der Waals surface area contributed by atoms with Crippen molar-refractivity contribution in [1.82, 2.24) is 5.43 Å². The lowest BCUT2D eigenvalue weighted by Crippen LogP contribution is -2.33. The van der Waals surface area contributed by atoms with Gasteiger partial charge in [-0.2, -0.15) is 11.8 Å². The Labute approximate surface area is 107 Å². The zero-order valence-corrected chi connectivity index (χ0v) is 11.2. The third-order valence-electron chi connectivity index (χ3n) is 2.63. The minimum absolute atomic E-state index is 0.155. The van der Waals surface area contributed by atoms with E-state index in [2.05, 4.69) is 24.5 Å². The number of thioether (sulfide) groups is 1. The van der Waals surface area contributed by atoms with E-state index in [0.717, 1.165) is 11.3 Å². The van der Waals surface area contributed by atoms with Crippen LogP contribution in [0, 0.1) is 0 Å². The minimum atomic E-state index is -0.197. The van der Waals surface area contributed by atoms with E-state index in [0.29, 0.717) is 0 Å². The predicted octanol–water partition coefficient (Wildman–Crippen LogP) is 2.42. The molecule has 4 heteroatoms. The quantitative estimate of drug-likeness (QED) is 0.354. The Morgan fingerprint density at radius 3 is 2.59 bits per heavy atom. The Morgan fingerprint density at radius 1 is 1.41 bits per heavy atom. The van der Waals surface area contributed by atoms with Crippen LogP contribution in [0.3, 0.4) is 0 Å². The molecule has 0 bridgehead atoms. The van der Waals surface area contributed by atoms with E-state index < -0.39 is 0 Å². The molecule has 1 rings (SSSR count). The topological polar surface area (TPSA) is 55.1 Å². The van der Waals surface area contributed by atoms with Crippen molar-refractivity contribution in [3.8, 4) is 0 Å². The first-order valence-electron chi connectivity index (χ1n) is 5.86. The lowest BCUT2D eigenvalue weighted by Gasteiger charge is -2.10. The fourth-order valence-corrected chi connectivity index (χ4v) is 2.37. The highest BCUT2D eigenvalue weighted by Gasteiger charge is 2.13.